The Labute approximate surface area is 215 Å². The molecule has 8 nitrogen and oxygen atoms in total. The Hall–Kier alpha value is -2.59. The van der Waals surface area contributed by atoms with Gasteiger partial charge in [-0.3, -0.25) is 5.32 Å². The summed E-state index contributed by atoms with van der Waals surface area (Å²) in [6.07, 6.45) is 4.63. The van der Waals surface area contributed by atoms with E-state index in [0.29, 0.717) is 36.0 Å². The summed E-state index contributed by atoms with van der Waals surface area (Å²) < 4.78 is 27.1. The van der Waals surface area contributed by atoms with Crippen molar-refractivity contribution in [1.29, 1.82) is 0 Å². The molecule has 3 aromatic rings. The number of benzene rings is 2. The molecule has 2 aromatic carbocycles. The Balaban J connectivity index is 1.61. The average Bonchev–Trinajstić information content (AvgIpc) is 3.21. The lowest BCUT2D eigenvalue weighted by atomic mass is 10.0. The van der Waals surface area contributed by atoms with Crippen LogP contribution in [0.25, 0.3) is 5.69 Å². The van der Waals surface area contributed by atoms with Gasteiger partial charge in [0, 0.05) is 19.2 Å². The molecule has 0 saturated carbocycles. The van der Waals surface area contributed by atoms with Crippen LogP contribution in [0, 0.1) is 0 Å². The van der Waals surface area contributed by atoms with E-state index < -0.39 is 16.1 Å². The molecule has 11 heteroatoms. The van der Waals surface area contributed by atoms with Gasteiger partial charge in [0.1, 0.15) is 5.82 Å². The Bertz CT molecular complexity index is 1360. The van der Waals surface area contributed by atoms with E-state index in [4.69, 9.17) is 28.3 Å². The van der Waals surface area contributed by atoms with Crippen molar-refractivity contribution >= 4 is 50.8 Å². The number of sulfonamides is 1. The maximum atomic E-state index is 12.8. The number of amides is 2. The zero-order valence-electron chi connectivity index (χ0n) is 19.5. The van der Waals surface area contributed by atoms with Crippen LogP contribution >= 0.6 is 23.2 Å². The van der Waals surface area contributed by atoms with Crippen LogP contribution < -0.4 is 10.6 Å². The fourth-order valence-corrected chi connectivity index (χ4v) is 5.14. The van der Waals surface area contributed by atoms with Crippen LogP contribution in [0.5, 0.6) is 0 Å². The van der Waals surface area contributed by atoms with Gasteiger partial charge in [-0.15, -0.1) is 0 Å². The highest BCUT2D eigenvalue weighted by Crippen LogP contribution is 2.30. The van der Waals surface area contributed by atoms with Crippen molar-refractivity contribution in [3.05, 3.63) is 69.3 Å². The zero-order valence-corrected chi connectivity index (χ0v) is 21.8. The minimum Gasteiger partial charge on any atom is -0.306 e. The molecule has 2 N–H and O–H groups in total. The minimum absolute atomic E-state index is 0.263. The lowest BCUT2D eigenvalue weighted by Crippen LogP contribution is -2.35. The number of halogens is 2. The van der Waals surface area contributed by atoms with Gasteiger partial charge in [-0.05, 0) is 54.7 Å². The van der Waals surface area contributed by atoms with Gasteiger partial charge in [0.05, 0.1) is 33.4 Å². The third kappa shape index (κ3) is 5.98. The van der Waals surface area contributed by atoms with Crippen molar-refractivity contribution in [1.82, 2.24) is 14.1 Å². The molecule has 1 aromatic heterocycles. The standard InChI is InChI=1S/C24H27Cl2N5O3S/c1-3-4-6-18-14-22(28-24(32)27-21-8-5-7-20(25)23(21)26)31(29-18)19-10-9-17-15-30(35(2,33)34)12-11-16(17)13-19/h5,7-10,13-14H,3-4,6,11-12,15H2,1-2H3,(H2,27,28,32). The third-order valence-electron chi connectivity index (χ3n) is 5.87. The van der Waals surface area contributed by atoms with Crippen molar-refractivity contribution in [2.75, 3.05) is 23.4 Å². The summed E-state index contributed by atoms with van der Waals surface area (Å²) in [5.74, 6) is 0.514. The smallest absolute Gasteiger partial charge is 0.306 e. The molecular weight excluding hydrogens is 509 g/mol. The van der Waals surface area contributed by atoms with Gasteiger partial charge in [0.15, 0.2) is 0 Å². The summed E-state index contributed by atoms with van der Waals surface area (Å²) in [6, 6.07) is 12.2. The predicted molar refractivity (Wildman–Crippen MR) is 140 cm³/mol. The van der Waals surface area contributed by atoms with Crippen LogP contribution in [0.3, 0.4) is 0 Å². The third-order valence-corrected chi connectivity index (χ3v) is 7.94. The molecule has 0 bridgehead atoms. The summed E-state index contributed by atoms with van der Waals surface area (Å²) in [4.78, 5) is 12.8. The first-order valence-electron chi connectivity index (χ1n) is 11.3. The lowest BCUT2D eigenvalue weighted by molar-refractivity contribution is 0.262. The molecular formula is C24H27Cl2N5O3S. The Morgan fingerprint density at radius 3 is 2.66 bits per heavy atom. The number of hydrogen-bond donors (Lipinski definition) is 2. The van der Waals surface area contributed by atoms with Gasteiger partial charge in [-0.1, -0.05) is 48.7 Å². The second-order valence-corrected chi connectivity index (χ2v) is 11.3. The van der Waals surface area contributed by atoms with Crippen molar-refractivity contribution in [2.45, 2.75) is 39.2 Å². The topological polar surface area (TPSA) is 96.3 Å². The number of aryl methyl sites for hydroxylation is 1. The lowest BCUT2D eigenvalue weighted by Gasteiger charge is -2.27. The monoisotopic (exact) mass is 535 g/mol. The zero-order chi connectivity index (χ0) is 25.2. The van der Waals surface area contributed by atoms with E-state index in [-0.39, 0.29) is 5.02 Å². The molecule has 1 aliphatic heterocycles. The number of carbonyl (C=O) groups is 1. The van der Waals surface area contributed by atoms with Crippen molar-refractivity contribution < 1.29 is 13.2 Å². The number of hydrogen-bond acceptors (Lipinski definition) is 4. The van der Waals surface area contributed by atoms with Crippen molar-refractivity contribution in [3.63, 3.8) is 0 Å². The quantitative estimate of drug-likeness (QED) is 0.418. The van der Waals surface area contributed by atoms with E-state index in [1.54, 1.807) is 22.9 Å². The van der Waals surface area contributed by atoms with Crippen LogP contribution in [-0.2, 0) is 29.4 Å². The first kappa shape index (κ1) is 25.5. The first-order chi connectivity index (χ1) is 16.7. The van der Waals surface area contributed by atoms with Crippen molar-refractivity contribution in [2.24, 2.45) is 0 Å². The van der Waals surface area contributed by atoms with E-state index in [0.717, 1.165) is 41.8 Å². The molecule has 0 saturated heterocycles. The molecule has 186 valence electrons. The Kier molecular flexibility index (Phi) is 7.70. The highest BCUT2D eigenvalue weighted by Gasteiger charge is 2.24. The number of anilines is 2. The number of rotatable bonds is 7. The molecule has 0 radical (unpaired) electrons. The van der Waals surface area contributed by atoms with Gasteiger partial charge >= 0.3 is 6.03 Å². The Morgan fingerprint density at radius 2 is 1.91 bits per heavy atom. The van der Waals surface area contributed by atoms with Crippen LogP contribution in [0.15, 0.2) is 42.5 Å². The summed E-state index contributed by atoms with van der Waals surface area (Å²) in [5.41, 5.74) is 4.08. The summed E-state index contributed by atoms with van der Waals surface area (Å²) in [5, 5.41) is 10.9. The molecule has 35 heavy (non-hydrogen) atoms. The number of unbranched alkanes of at least 4 members (excludes halogenated alkanes) is 1. The van der Waals surface area contributed by atoms with Gasteiger partial charge in [0.25, 0.3) is 0 Å². The molecule has 0 aliphatic carbocycles. The number of aromatic nitrogens is 2. The molecule has 0 spiro atoms. The van der Waals surface area contributed by atoms with Gasteiger partial charge in [-0.2, -0.15) is 9.40 Å². The van der Waals surface area contributed by atoms with Gasteiger partial charge in [0.2, 0.25) is 10.0 Å². The SMILES string of the molecule is CCCCc1cc(NC(=O)Nc2cccc(Cl)c2Cl)n(-c2ccc3c(c2)CCN(S(C)(=O)=O)C3)n1. The first-order valence-corrected chi connectivity index (χ1v) is 13.9. The highest BCUT2D eigenvalue weighted by atomic mass is 35.5. The molecule has 4 rings (SSSR count). The molecule has 0 atom stereocenters. The highest BCUT2D eigenvalue weighted by molar-refractivity contribution is 7.88. The molecule has 0 unspecified atom stereocenters. The summed E-state index contributed by atoms with van der Waals surface area (Å²) >= 11 is 12.3. The fourth-order valence-electron chi connectivity index (χ4n) is 3.99. The maximum Gasteiger partial charge on any atom is 0.324 e. The number of urea groups is 1. The minimum atomic E-state index is -3.24. The summed E-state index contributed by atoms with van der Waals surface area (Å²) in [7, 11) is -3.24. The van der Waals surface area contributed by atoms with E-state index >= 15 is 0 Å². The van der Waals surface area contributed by atoms with Crippen LogP contribution in [-0.4, -0.2) is 41.3 Å². The van der Waals surface area contributed by atoms with Crippen LogP contribution in [0.1, 0.15) is 36.6 Å². The van der Waals surface area contributed by atoms with E-state index in [1.807, 2.05) is 24.3 Å². The molecule has 2 amide bonds. The molecule has 2 heterocycles. The number of nitrogens with one attached hydrogen (secondary N) is 2. The second kappa shape index (κ2) is 10.6. The van der Waals surface area contributed by atoms with Gasteiger partial charge in [-0.25, -0.2) is 17.9 Å². The normalized spacial score (nSPS) is 13.9. The van der Waals surface area contributed by atoms with Crippen LogP contribution in [0.4, 0.5) is 16.3 Å². The Morgan fingerprint density at radius 1 is 1.11 bits per heavy atom. The van der Waals surface area contributed by atoms with E-state index in [1.165, 1.54) is 10.6 Å². The van der Waals surface area contributed by atoms with Gasteiger partial charge < -0.3 is 5.32 Å². The second-order valence-electron chi connectivity index (χ2n) is 8.52. The summed E-state index contributed by atoms with van der Waals surface area (Å²) in [6.45, 7) is 2.90. The van der Waals surface area contributed by atoms with E-state index in [9.17, 15) is 13.2 Å². The number of carbonyl (C=O) groups excluding carboxylic acids is 1. The fraction of sp³-hybridized carbons (Fsp3) is 0.333. The number of fused-ring (bicyclic) bond motifs is 1. The molecule has 1 aliphatic rings. The predicted octanol–water partition coefficient (Wildman–Crippen LogP) is 5.48. The largest absolute Gasteiger partial charge is 0.324 e. The maximum absolute atomic E-state index is 12.8. The van der Waals surface area contributed by atoms with E-state index in [2.05, 4.69) is 17.6 Å². The number of nitrogens with zero attached hydrogens (tertiary/aromatic N) is 3. The molecule has 0 fully saturated rings. The van der Waals surface area contributed by atoms with Crippen molar-refractivity contribution in [3.8, 4) is 5.69 Å². The average molecular weight is 536 g/mol. The van der Waals surface area contributed by atoms with Crippen LogP contribution in [0.2, 0.25) is 10.0 Å².